The highest BCUT2D eigenvalue weighted by Gasteiger charge is 2.23. The molecule has 0 aliphatic heterocycles. The van der Waals surface area contributed by atoms with Gasteiger partial charge in [-0.15, -0.1) is 10.2 Å². The number of tetrazole rings is 1. The van der Waals surface area contributed by atoms with Gasteiger partial charge in [0.2, 0.25) is 15.8 Å². The van der Waals surface area contributed by atoms with Crippen molar-refractivity contribution in [1.82, 2.24) is 25.6 Å². The van der Waals surface area contributed by atoms with Crippen LogP contribution < -0.4 is 4.72 Å². The maximum atomic E-state index is 12.1. The van der Waals surface area contributed by atoms with Gasteiger partial charge >= 0.3 is 0 Å². The molecule has 0 saturated carbocycles. The second-order valence-corrected chi connectivity index (χ2v) is 9.18. The number of anilines is 1. The molecule has 0 radical (unpaired) electrons. The highest BCUT2D eigenvalue weighted by molar-refractivity contribution is 7.92. The number of sulfone groups is 1. The van der Waals surface area contributed by atoms with Crippen molar-refractivity contribution >= 4 is 25.5 Å². The number of rotatable bonds is 5. The molecule has 0 fully saturated rings. The van der Waals surface area contributed by atoms with Crippen LogP contribution in [-0.4, -0.2) is 55.0 Å². The fourth-order valence-electron chi connectivity index (χ4n) is 2.38. The van der Waals surface area contributed by atoms with Crippen molar-refractivity contribution in [3.05, 3.63) is 36.5 Å². The van der Waals surface area contributed by atoms with Crippen LogP contribution in [0.5, 0.6) is 0 Å². The van der Waals surface area contributed by atoms with Crippen molar-refractivity contribution in [3.63, 3.8) is 0 Å². The van der Waals surface area contributed by atoms with E-state index in [1.165, 1.54) is 6.20 Å². The van der Waals surface area contributed by atoms with Crippen LogP contribution in [0, 0.1) is 0 Å². The van der Waals surface area contributed by atoms with Crippen molar-refractivity contribution in [2.45, 2.75) is 5.03 Å². The van der Waals surface area contributed by atoms with E-state index in [1.54, 1.807) is 30.3 Å². The molecule has 3 aromatic rings. The summed E-state index contributed by atoms with van der Waals surface area (Å²) in [6.07, 6.45) is 3.47. The molecular weight excluding hydrogens is 380 g/mol. The standard InChI is InChI=1S/C14H14N6O4S2/c1-25(21,22)14-12(13-16-19-20-17-13)11(7-8-15-14)9-3-5-10(6-4-9)18-26(2,23)24/h3-8,18H,1-2H3,(H,16,17,19,20). The Bertz CT molecular complexity index is 1140. The maximum absolute atomic E-state index is 12.1. The smallest absolute Gasteiger partial charge is 0.229 e. The van der Waals surface area contributed by atoms with E-state index in [0.29, 0.717) is 16.8 Å². The normalized spacial score (nSPS) is 12.1. The van der Waals surface area contributed by atoms with Crippen LogP contribution in [0.2, 0.25) is 0 Å². The first-order valence-electron chi connectivity index (χ1n) is 7.16. The van der Waals surface area contributed by atoms with E-state index < -0.39 is 19.9 Å². The molecule has 3 rings (SSSR count). The highest BCUT2D eigenvalue weighted by atomic mass is 32.2. The number of aromatic amines is 1. The van der Waals surface area contributed by atoms with Crippen molar-refractivity contribution < 1.29 is 16.8 Å². The molecule has 1 aromatic carbocycles. The second kappa shape index (κ2) is 6.46. The summed E-state index contributed by atoms with van der Waals surface area (Å²) in [5.41, 5.74) is 1.76. The van der Waals surface area contributed by atoms with Crippen molar-refractivity contribution in [2.75, 3.05) is 17.2 Å². The van der Waals surface area contributed by atoms with E-state index >= 15 is 0 Å². The molecule has 26 heavy (non-hydrogen) atoms. The van der Waals surface area contributed by atoms with E-state index in [9.17, 15) is 16.8 Å². The number of benzene rings is 1. The van der Waals surface area contributed by atoms with Gasteiger partial charge in [-0.25, -0.2) is 21.8 Å². The molecule has 2 aromatic heterocycles. The maximum Gasteiger partial charge on any atom is 0.229 e. The van der Waals surface area contributed by atoms with E-state index in [-0.39, 0.29) is 16.4 Å². The minimum atomic E-state index is -3.65. The fourth-order valence-corrected chi connectivity index (χ4v) is 3.77. The molecule has 0 bridgehead atoms. The lowest BCUT2D eigenvalue weighted by atomic mass is 10.0. The monoisotopic (exact) mass is 394 g/mol. The molecule has 0 aliphatic rings. The zero-order valence-electron chi connectivity index (χ0n) is 13.7. The molecular formula is C14H14N6O4S2. The average molecular weight is 394 g/mol. The van der Waals surface area contributed by atoms with Crippen molar-refractivity contribution in [1.29, 1.82) is 0 Å². The zero-order valence-corrected chi connectivity index (χ0v) is 15.3. The van der Waals surface area contributed by atoms with E-state index in [0.717, 1.165) is 12.5 Å². The topological polar surface area (TPSA) is 148 Å². The third-order valence-corrected chi connectivity index (χ3v) is 4.95. The zero-order chi connectivity index (χ0) is 18.9. The van der Waals surface area contributed by atoms with Gasteiger partial charge < -0.3 is 0 Å². The molecule has 0 spiro atoms. The van der Waals surface area contributed by atoms with Gasteiger partial charge in [0.25, 0.3) is 0 Å². The summed E-state index contributed by atoms with van der Waals surface area (Å²) in [7, 11) is -7.04. The molecule has 0 atom stereocenters. The number of nitrogens with zero attached hydrogens (tertiary/aromatic N) is 4. The van der Waals surface area contributed by atoms with Crippen LogP contribution in [0.4, 0.5) is 5.69 Å². The van der Waals surface area contributed by atoms with Crippen LogP contribution >= 0.6 is 0 Å². The highest BCUT2D eigenvalue weighted by Crippen LogP contribution is 2.34. The summed E-state index contributed by atoms with van der Waals surface area (Å²) < 4.78 is 49.2. The lowest BCUT2D eigenvalue weighted by molar-refractivity contribution is 0.598. The van der Waals surface area contributed by atoms with E-state index in [4.69, 9.17) is 0 Å². The van der Waals surface area contributed by atoms with Crippen LogP contribution in [0.1, 0.15) is 0 Å². The van der Waals surface area contributed by atoms with Crippen molar-refractivity contribution in [2.24, 2.45) is 0 Å². The Hall–Kier alpha value is -2.86. The number of hydrogen-bond donors (Lipinski definition) is 2. The first-order valence-corrected chi connectivity index (χ1v) is 10.9. The number of aromatic nitrogens is 5. The van der Waals surface area contributed by atoms with E-state index in [1.807, 2.05) is 0 Å². The van der Waals surface area contributed by atoms with Gasteiger partial charge in [-0.3, -0.25) is 4.72 Å². The van der Waals surface area contributed by atoms with Gasteiger partial charge in [0, 0.05) is 18.1 Å². The average Bonchev–Trinajstić information content (AvgIpc) is 3.07. The number of sulfonamides is 1. The predicted octanol–water partition coefficient (Wildman–Crippen LogP) is 0.704. The van der Waals surface area contributed by atoms with E-state index in [2.05, 4.69) is 30.3 Å². The summed E-state index contributed by atoms with van der Waals surface area (Å²) in [6.45, 7) is 0. The number of pyridine rings is 1. The quantitative estimate of drug-likeness (QED) is 0.642. The third kappa shape index (κ3) is 3.86. The molecule has 136 valence electrons. The number of nitrogens with one attached hydrogen (secondary N) is 2. The summed E-state index contributed by atoms with van der Waals surface area (Å²) in [5.74, 6) is 0.0897. The first kappa shape index (κ1) is 17.9. The first-order chi connectivity index (χ1) is 12.1. The Morgan fingerprint density at radius 2 is 1.69 bits per heavy atom. The Labute approximate surface area is 149 Å². The van der Waals surface area contributed by atoms with Gasteiger partial charge in [0.15, 0.2) is 14.9 Å². The summed E-state index contributed by atoms with van der Waals surface area (Å²) >= 11 is 0. The lowest BCUT2D eigenvalue weighted by Gasteiger charge is -2.11. The molecule has 2 heterocycles. The Balaban J connectivity index is 2.17. The lowest BCUT2D eigenvalue weighted by Crippen LogP contribution is -2.09. The molecule has 0 saturated heterocycles. The summed E-state index contributed by atoms with van der Waals surface area (Å²) in [6, 6.07) is 8.06. The SMILES string of the molecule is CS(=O)(=O)Nc1ccc(-c2ccnc(S(C)(=O)=O)c2-c2nn[nH]n2)cc1. The van der Waals surface area contributed by atoms with Gasteiger partial charge in [-0.2, -0.15) is 5.21 Å². The molecule has 12 heteroatoms. The molecule has 2 N–H and O–H groups in total. The number of hydrogen-bond acceptors (Lipinski definition) is 8. The van der Waals surface area contributed by atoms with Crippen LogP contribution in [0.15, 0.2) is 41.6 Å². The number of H-pyrrole nitrogens is 1. The van der Waals surface area contributed by atoms with Gasteiger partial charge in [-0.05, 0) is 34.5 Å². The van der Waals surface area contributed by atoms with Crippen LogP contribution in [-0.2, 0) is 19.9 Å². The molecule has 0 aliphatic carbocycles. The Morgan fingerprint density at radius 1 is 1.00 bits per heavy atom. The largest absolute Gasteiger partial charge is 0.284 e. The predicted molar refractivity (Wildman–Crippen MR) is 94.4 cm³/mol. The van der Waals surface area contributed by atoms with Crippen molar-refractivity contribution in [3.8, 4) is 22.5 Å². The van der Waals surface area contributed by atoms with Crippen LogP contribution in [0.3, 0.4) is 0 Å². The molecule has 0 unspecified atom stereocenters. The minimum absolute atomic E-state index is 0.0897. The van der Waals surface area contributed by atoms with Gasteiger partial charge in [0.05, 0.1) is 11.8 Å². The fraction of sp³-hybridized carbons (Fsp3) is 0.143. The Morgan fingerprint density at radius 3 is 2.23 bits per heavy atom. The minimum Gasteiger partial charge on any atom is -0.284 e. The summed E-state index contributed by atoms with van der Waals surface area (Å²) in [4.78, 5) is 3.96. The van der Waals surface area contributed by atoms with Gasteiger partial charge in [-0.1, -0.05) is 12.1 Å². The Kier molecular flexibility index (Phi) is 4.46. The second-order valence-electron chi connectivity index (χ2n) is 5.50. The van der Waals surface area contributed by atoms with Gasteiger partial charge in [0.1, 0.15) is 0 Å². The third-order valence-electron chi connectivity index (χ3n) is 3.34. The van der Waals surface area contributed by atoms with Crippen LogP contribution in [0.25, 0.3) is 22.5 Å². The molecule has 0 amide bonds. The summed E-state index contributed by atoms with van der Waals surface area (Å²) in [5, 5.41) is 13.3. The molecule has 10 nitrogen and oxygen atoms in total.